The van der Waals surface area contributed by atoms with E-state index >= 15 is 0 Å². The summed E-state index contributed by atoms with van der Waals surface area (Å²) in [6, 6.07) is 25.6. The van der Waals surface area contributed by atoms with Crippen molar-refractivity contribution in [3.63, 3.8) is 0 Å². The van der Waals surface area contributed by atoms with Crippen molar-refractivity contribution in [1.82, 2.24) is 9.97 Å². The van der Waals surface area contributed by atoms with Crippen molar-refractivity contribution < 1.29 is 28.5 Å². The van der Waals surface area contributed by atoms with E-state index in [0.717, 1.165) is 77.2 Å². The van der Waals surface area contributed by atoms with Crippen LogP contribution in [0.1, 0.15) is 107 Å². The highest BCUT2D eigenvalue weighted by atomic mass is 16.5. The van der Waals surface area contributed by atoms with Gasteiger partial charge in [-0.15, -0.1) is 0 Å². The number of benzene rings is 2. The number of hydrogen-bond acceptors (Lipinski definition) is 7. The number of rotatable bonds is 14. The number of carbonyl (C=O) groups excluding carboxylic acids is 2. The molecule has 9 heteroatoms. The van der Waals surface area contributed by atoms with Gasteiger partial charge in [0.05, 0.1) is 32.1 Å². The highest BCUT2D eigenvalue weighted by Crippen LogP contribution is 2.46. The summed E-state index contributed by atoms with van der Waals surface area (Å²) >= 11 is 0. The highest BCUT2D eigenvalue weighted by molar-refractivity contribution is 6.24. The van der Waals surface area contributed by atoms with Gasteiger partial charge >= 0.3 is 11.9 Å². The van der Waals surface area contributed by atoms with Gasteiger partial charge in [0.1, 0.15) is 11.5 Å². The molecule has 4 heterocycles. The van der Waals surface area contributed by atoms with Crippen LogP contribution >= 0.6 is 0 Å². The zero-order chi connectivity index (χ0) is 38.1. The zero-order valence-electron chi connectivity index (χ0n) is 32.3. The van der Waals surface area contributed by atoms with Gasteiger partial charge in [0.2, 0.25) is 0 Å². The Morgan fingerprint density at radius 3 is 2.24 bits per heavy atom. The van der Waals surface area contributed by atoms with Gasteiger partial charge in [-0.05, 0) is 149 Å². The third-order valence-electron chi connectivity index (χ3n) is 11.0. The number of H-pyrrole nitrogens is 2. The summed E-state index contributed by atoms with van der Waals surface area (Å²) in [5.41, 5.74) is 9.11. The molecule has 2 aromatic heterocycles. The molecule has 3 aliphatic rings. The first kappa shape index (κ1) is 38.0. The van der Waals surface area contributed by atoms with Gasteiger partial charge in [0.25, 0.3) is 0 Å². The molecule has 55 heavy (non-hydrogen) atoms. The number of allylic oxidation sites excluding steroid dienone is 1. The molecule has 2 aliphatic heterocycles. The molecule has 0 amide bonds. The fourth-order valence-corrected chi connectivity index (χ4v) is 8.40. The van der Waals surface area contributed by atoms with Crippen LogP contribution in [-0.4, -0.2) is 54.0 Å². The first-order valence-corrected chi connectivity index (χ1v) is 20.0. The van der Waals surface area contributed by atoms with Gasteiger partial charge < -0.3 is 28.9 Å². The number of fused-ring (bicyclic) bond motifs is 7. The van der Waals surface area contributed by atoms with Crippen LogP contribution in [0.2, 0.25) is 0 Å². The minimum atomic E-state index is -0.195. The Labute approximate surface area is 323 Å². The largest absolute Gasteiger partial charge is 0.494 e. The molecule has 8 bridgehead atoms. The predicted octanol–water partition coefficient (Wildman–Crippen LogP) is 7.99. The van der Waals surface area contributed by atoms with Crippen molar-refractivity contribution in [2.75, 3.05) is 26.4 Å². The molecule has 4 aromatic rings. The monoisotopic (exact) mass is 743 g/mol. The Morgan fingerprint density at radius 2 is 1.49 bits per heavy atom. The summed E-state index contributed by atoms with van der Waals surface area (Å²) in [5.74, 6) is 2.29. The molecule has 0 saturated heterocycles. The number of aliphatic imine (C=N–C) groups is 1. The van der Waals surface area contributed by atoms with E-state index in [-0.39, 0.29) is 17.9 Å². The minimum absolute atomic E-state index is 0.183. The average molecular weight is 744 g/mol. The van der Waals surface area contributed by atoms with E-state index in [1.807, 2.05) is 32.0 Å². The molecule has 1 saturated carbocycles. The number of nitrogens with zero attached hydrogens (tertiary/aromatic N) is 1. The van der Waals surface area contributed by atoms with Gasteiger partial charge in [-0.25, -0.2) is 0 Å². The molecular weight excluding hydrogens is 691 g/mol. The number of esters is 2. The van der Waals surface area contributed by atoms with Gasteiger partial charge in [-0.2, -0.15) is 0 Å². The Hall–Kier alpha value is -5.31. The third-order valence-corrected chi connectivity index (χ3v) is 11.0. The van der Waals surface area contributed by atoms with Gasteiger partial charge in [-0.3, -0.25) is 14.6 Å². The van der Waals surface area contributed by atoms with Crippen LogP contribution in [0.25, 0.3) is 17.2 Å². The van der Waals surface area contributed by atoms with Crippen molar-refractivity contribution in [2.24, 2.45) is 16.8 Å². The van der Waals surface area contributed by atoms with E-state index in [9.17, 15) is 9.59 Å². The van der Waals surface area contributed by atoms with Crippen LogP contribution in [0.5, 0.6) is 11.5 Å². The van der Waals surface area contributed by atoms with E-state index in [1.165, 1.54) is 22.2 Å². The van der Waals surface area contributed by atoms with Gasteiger partial charge in [0, 0.05) is 52.1 Å². The van der Waals surface area contributed by atoms with Crippen LogP contribution < -0.4 is 20.2 Å². The van der Waals surface area contributed by atoms with Crippen LogP contribution in [0.4, 0.5) is 0 Å². The van der Waals surface area contributed by atoms with Crippen LogP contribution in [0.3, 0.4) is 0 Å². The van der Waals surface area contributed by atoms with Gasteiger partial charge in [-0.1, -0.05) is 24.3 Å². The van der Waals surface area contributed by atoms with Gasteiger partial charge in [0.15, 0.2) is 0 Å². The lowest BCUT2D eigenvalue weighted by molar-refractivity contribution is -0.144. The maximum Gasteiger partial charge on any atom is 0.305 e. The second-order valence-corrected chi connectivity index (χ2v) is 14.8. The first-order valence-electron chi connectivity index (χ1n) is 20.0. The molecule has 7 rings (SSSR count). The van der Waals surface area contributed by atoms with Crippen LogP contribution in [0, 0.1) is 11.8 Å². The molecular formula is C46H53N3O6. The minimum Gasteiger partial charge on any atom is -0.494 e. The number of aromatic amines is 2. The lowest BCUT2D eigenvalue weighted by atomic mass is 9.81. The summed E-state index contributed by atoms with van der Waals surface area (Å²) in [5, 5.41) is 2.22. The SMILES string of the molecule is CCOC(=O)CCCOc1cccc(/C2=c3\cc/c([nH]3)=C(\C)C3CCC(C3)C(c3cccc(OCCCC(=O)OCC)c3)c3ccc([nH]3)C=C3CCC2=N3)c1. The summed E-state index contributed by atoms with van der Waals surface area (Å²) in [4.78, 5) is 36.5. The molecule has 2 N–H and O–H groups in total. The summed E-state index contributed by atoms with van der Waals surface area (Å²) in [7, 11) is 0. The van der Waals surface area contributed by atoms with Crippen molar-refractivity contribution in [2.45, 2.75) is 84.5 Å². The summed E-state index contributed by atoms with van der Waals surface area (Å²) in [6.07, 6.45) is 9.11. The Morgan fingerprint density at radius 1 is 0.782 bits per heavy atom. The lowest BCUT2D eigenvalue weighted by Crippen LogP contribution is -2.20. The summed E-state index contributed by atoms with van der Waals surface area (Å²) in [6.45, 7) is 7.62. The van der Waals surface area contributed by atoms with Crippen LogP contribution in [-0.2, 0) is 19.1 Å². The molecule has 1 aliphatic carbocycles. The number of hydrogen-bond donors (Lipinski definition) is 2. The molecule has 0 radical (unpaired) electrons. The maximum absolute atomic E-state index is 11.8. The maximum atomic E-state index is 11.8. The average Bonchev–Trinajstić information content (AvgIpc) is 4.02. The topological polar surface area (TPSA) is 115 Å². The standard InChI is InChI=1S/C46H53N3O6/c1-4-52-43(50)14-8-24-54-37-12-6-10-32(27-37)45-34-17-16-31(26-34)30(3)39-22-23-42(49-39)46(41-21-19-36(48-41)29-35-18-20-40(45)47-35)33-11-7-13-38(28-33)55-25-9-15-44(51)53-5-2/h6-7,10-13,18,20,22-23,27-29,31,34,45,47,49H,4-5,8-9,14-17,19,21,24-26H2,1-3H3/b36-29?,39-30-,46-42-. The highest BCUT2D eigenvalue weighted by Gasteiger charge is 2.35. The number of nitrogens with one attached hydrogen (secondary N) is 2. The normalized spacial score (nSPS) is 21.1. The lowest BCUT2D eigenvalue weighted by Gasteiger charge is -2.24. The molecule has 9 nitrogen and oxygen atoms in total. The Bertz CT molecular complexity index is 2170. The van der Waals surface area contributed by atoms with E-state index in [1.54, 1.807) is 0 Å². The number of carbonyl (C=O) groups is 2. The zero-order valence-corrected chi connectivity index (χ0v) is 32.3. The number of ether oxygens (including phenoxy) is 4. The molecule has 3 unspecified atom stereocenters. The van der Waals surface area contributed by atoms with Crippen molar-refractivity contribution in [3.05, 3.63) is 112 Å². The van der Waals surface area contributed by atoms with E-state index in [0.29, 0.717) is 63.9 Å². The quantitative estimate of drug-likeness (QED) is 0.100. The second-order valence-electron chi connectivity index (χ2n) is 14.8. The second kappa shape index (κ2) is 17.9. The fraction of sp³-hybridized carbons (Fsp3) is 0.413. The first-order chi connectivity index (χ1) is 26.9. The summed E-state index contributed by atoms with van der Waals surface area (Å²) < 4.78 is 22.4. The molecule has 1 fully saturated rings. The molecule has 3 atom stereocenters. The van der Waals surface area contributed by atoms with E-state index in [4.69, 9.17) is 23.9 Å². The van der Waals surface area contributed by atoms with E-state index < -0.39 is 0 Å². The third kappa shape index (κ3) is 9.32. The van der Waals surface area contributed by atoms with Crippen LogP contribution in [0.15, 0.2) is 83.5 Å². The Balaban J connectivity index is 1.19. The smallest absolute Gasteiger partial charge is 0.305 e. The fourth-order valence-electron chi connectivity index (χ4n) is 8.40. The molecule has 2 aromatic carbocycles. The van der Waals surface area contributed by atoms with Crippen molar-refractivity contribution in [3.8, 4) is 11.5 Å². The van der Waals surface area contributed by atoms with Crippen molar-refractivity contribution in [1.29, 1.82) is 0 Å². The Kier molecular flexibility index (Phi) is 12.4. The molecule has 0 spiro atoms. The predicted molar refractivity (Wildman–Crippen MR) is 215 cm³/mol. The molecule has 288 valence electrons. The number of aromatic nitrogens is 2. The van der Waals surface area contributed by atoms with Crippen molar-refractivity contribution >= 4 is 34.9 Å². The van der Waals surface area contributed by atoms with E-state index in [2.05, 4.69) is 77.6 Å².